The highest BCUT2D eigenvalue weighted by molar-refractivity contribution is 7.09. The van der Waals surface area contributed by atoms with E-state index in [2.05, 4.69) is 20.9 Å². The lowest BCUT2D eigenvalue weighted by Crippen LogP contribution is -2.55. The van der Waals surface area contributed by atoms with Gasteiger partial charge in [-0.15, -0.1) is 11.3 Å². The Kier molecular flexibility index (Phi) is 16.3. The Morgan fingerprint density at radius 2 is 1.72 bits per heavy atom. The van der Waals surface area contributed by atoms with Crippen LogP contribution in [-0.2, 0) is 35.1 Å². The molecule has 3 rings (SSSR count). The molecule has 0 saturated carbocycles. The number of likely N-dealkylation sites (tertiary alicyclic amines) is 1. The van der Waals surface area contributed by atoms with Crippen molar-refractivity contribution in [3.05, 3.63) is 52.5 Å². The summed E-state index contributed by atoms with van der Waals surface area (Å²) in [5, 5.41) is 11.7. The number of amides is 4. The molecule has 278 valence electrons. The molecule has 0 spiro atoms. The first-order chi connectivity index (χ1) is 23.8. The van der Waals surface area contributed by atoms with Gasteiger partial charge < -0.3 is 35.2 Å². The summed E-state index contributed by atoms with van der Waals surface area (Å²) in [5.41, 5.74) is 1.09. The molecular weight excluding hydrogens is 657 g/mol. The van der Waals surface area contributed by atoms with Crippen molar-refractivity contribution in [1.29, 1.82) is 0 Å². The Labute approximate surface area is 302 Å². The van der Waals surface area contributed by atoms with E-state index in [0.29, 0.717) is 19.4 Å². The average molecular weight is 715 g/mol. The van der Waals surface area contributed by atoms with Crippen molar-refractivity contribution in [1.82, 2.24) is 30.7 Å². The van der Waals surface area contributed by atoms with Gasteiger partial charge in [0.15, 0.2) is 0 Å². The van der Waals surface area contributed by atoms with Gasteiger partial charge in [0.05, 0.1) is 55.3 Å². The van der Waals surface area contributed by atoms with Gasteiger partial charge in [0.2, 0.25) is 23.6 Å². The lowest BCUT2D eigenvalue weighted by atomic mass is 9.92. The minimum Gasteiger partial charge on any atom is -0.379 e. The number of nitrogens with zero attached hydrogens (tertiary/aromatic N) is 3. The molecule has 50 heavy (non-hydrogen) atoms. The SMILES string of the molecule is CNC(C(=O)NCC(=O)N(C)C(C(C)C)C(CC(=O)N1CCC[C@H]1C(OC)C(C)C(=O)NC(Cc1ccccc1)c1nccs1)OC)C(C)C. The van der Waals surface area contributed by atoms with Gasteiger partial charge in [-0.1, -0.05) is 65.0 Å². The number of likely N-dealkylation sites (N-methyl/N-ethyl adjacent to an activating group) is 2. The minimum atomic E-state index is -0.590. The van der Waals surface area contributed by atoms with Gasteiger partial charge in [0.25, 0.3) is 0 Å². The maximum Gasteiger partial charge on any atom is 0.242 e. The van der Waals surface area contributed by atoms with Crippen LogP contribution in [0.2, 0.25) is 0 Å². The molecule has 1 aromatic heterocycles. The fraction of sp³-hybridized carbons (Fsp3) is 0.649. The third-order valence-corrected chi connectivity index (χ3v) is 10.7. The van der Waals surface area contributed by atoms with Crippen molar-refractivity contribution in [3.8, 4) is 0 Å². The third kappa shape index (κ3) is 10.8. The number of aromatic nitrogens is 1. The predicted octanol–water partition coefficient (Wildman–Crippen LogP) is 3.43. The molecule has 7 atom stereocenters. The van der Waals surface area contributed by atoms with Crippen molar-refractivity contribution < 1.29 is 28.7 Å². The number of carbonyl (C=O) groups is 4. The quantitative estimate of drug-likeness (QED) is 0.201. The number of rotatable bonds is 19. The molecule has 1 aromatic carbocycles. The molecule has 0 radical (unpaired) electrons. The van der Waals surface area contributed by atoms with Gasteiger partial charge in [-0.25, -0.2) is 4.98 Å². The number of thiazole rings is 1. The fourth-order valence-electron chi connectivity index (χ4n) is 7.14. The van der Waals surface area contributed by atoms with Gasteiger partial charge >= 0.3 is 0 Å². The van der Waals surface area contributed by atoms with Gasteiger partial charge in [0.1, 0.15) is 5.01 Å². The zero-order valence-corrected chi connectivity index (χ0v) is 32.0. The highest BCUT2D eigenvalue weighted by Crippen LogP contribution is 2.30. The third-order valence-electron chi connectivity index (χ3n) is 9.78. The van der Waals surface area contributed by atoms with E-state index in [0.717, 1.165) is 17.0 Å². The number of nitrogens with one attached hydrogen (secondary N) is 3. The molecule has 12 nitrogen and oxygen atoms in total. The van der Waals surface area contributed by atoms with Crippen molar-refractivity contribution >= 4 is 35.0 Å². The molecule has 2 aromatic rings. The topological polar surface area (TPSA) is 142 Å². The largest absolute Gasteiger partial charge is 0.379 e. The van der Waals surface area contributed by atoms with E-state index in [-0.39, 0.29) is 60.5 Å². The second-order valence-electron chi connectivity index (χ2n) is 13.9. The van der Waals surface area contributed by atoms with Crippen LogP contribution in [0.4, 0.5) is 0 Å². The van der Waals surface area contributed by atoms with E-state index in [9.17, 15) is 19.2 Å². The summed E-state index contributed by atoms with van der Waals surface area (Å²) in [6, 6.07) is 8.56. The van der Waals surface area contributed by atoms with E-state index >= 15 is 0 Å². The first-order valence-corrected chi connectivity index (χ1v) is 18.5. The highest BCUT2D eigenvalue weighted by Gasteiger charge is 2.42. The molecule has 4 amide bonds. The van der Waals surface area contributed by atoms with Gasteiger partial charge in [-0.05, 0) is 43.7 Å². The summed E-state index contributed by atoms with van der Waals surface area (Å²) in [7, 11) is 6.54. The summed E-state index contributed by atoms with van der Waals surface area (Å²) in [5.74, 6) is -1.32. The molecule has 0 bridgehead atoms. The summed E-state index contributed by atoms with van der Waals surface area (Å²) in [6.45, 7) is 10.1. The van der Waals surface area contributed by atoms with E-state index in [4.69, 9.17) is 9.47 Å². The standard InChI is InChI=1S/C37H58N6O6S/c1-23(2)32(38-6)36(47)40-22-31(45)42(7)33(24(3)4)29(48-8)21-30(44)43-18-13-16-28(43)34(49-9)25(5)35(46)41-27(37-39-17-19-50-37)20-26-14-11-10-12-15-26/h10-12,14-15,17,19,23-25,27-29,32-34,38H,13,16,18,20-22H2,1-9H3,(H,40,47)(H,41,46)/t25?,27?,28-,29?,32?,33?,34?/m0/s1. The summed E-state index contributed by atoms with van der Waals surface area (Å²) in [4.78, 5) is 61.6. The van der Waals surface area contributed by atoms with Gasteiger partial charge in [0, 0.05) is 39.4 Å². The molecule has 1 saturated heterocycles. The smallest absolute Gasteiger partial charge is 0.242 e. The van der Waals surface area contributed by atoms with Crippen molar-refractivity contribution in [2.24, 2.45) is 17.8 Å². The maximum atomic E-state index is 14.0. The Morgan fingerprint density at radius 1 is 1.02 bits per heavy atom. The van der Waals surface area contributed by atoms with Crippen LogP contribution in [0.3, 0.4) is 0 Å². The first kappa shape index (κ1) is 41.0. The monoisotopic (exact) mass is 714 g/mol. The van der Waals surface area contributed by atoms with Crippen molar-refractivity contribution in [2.45, 2.75) is 96.7 Å². The van der Waals surface area contributed by atoms with Crippen LogP contribution >= 0.6 is 11.3 Å². The Hall–Kier alpha value is -3.39. The molecule has 13 heteroatoms. The lowest BCUT2D eigenvalue weighted by molar-refractivity contribution is -0.145. The molecule has 6 unspecified atom stereocenters. The zero-order chi connectivity index (χ0) is 37.0. The predicted molar refractivity (Wildman–Crippen MR) is 195 cm³/mol. The number of ether oxygens (including phenoxy) is 2. The number of benzene rings is 1. The zero-order valence-electron chi connectivity index (χ0n) is 31.2. The van der Waals surface area contributed by atoms with Crippen LogP contribution < -0.4 is 16.0 Å². The highest BCUT2D eigenvalue weighted by atomic mass is 32.1. The molecule has 1 aliphatic heterocycles. The number of carbonyl (C=O) groups excluding carboxylic acids is 4. The molecule has 1 aliphatic rings. The molecular formula is C37H58N6O6S. The molecule has 2 heterocycles. The van der Waals surface area contributed by atoms with Crippen LogP contribution in [0, 0.1) is 17.8 Å². The Morgan fingerprint density at radius 3 is 2.28 bits per heavy atom. The van der Waals surface area contributed by atoms with Crippen LogP contribution in [0.5, 0.6) is 0 Å². The summed E-state index contributed by atoms with van der Waals surface area (Å²) >= 11 is 1.50. The second kappa shape index (κ2) is 19.9. The van der Waals surface area contributed by atoms with Crippen molar-refractivity contribution in [2.75, 3.05) is 41.4 Å². The second-order valence-corrected chi connectivity index (χ2v) is 14.8. The Bertz CT molecular complexity index is 1360. The van der Waals surface area contributed by atoms with Gasteiger partial charge in [-0.3, -0.25) is 19.2 Å². The normalized spacial score (nSPS) is 18.3. The van der Waals surface area contributed by atoms with Gasteiger partial charge in [-0.2, -0.15) is 0 Å². The van der Waals surface area contributed by atoms with Crippen LogP contribution in [0.15, 0.2) is 41.9 Å². The van der Waals surface area contributed by atoms with E-state index < -0.39 is 30.2 Å². The molecule has 1 fully saturated rings. The molecule has 3 N–H and O–H groups in total. The Balaban J connectivity index is 1.69. The van der Waals surface area contributed by atoms with Crippen molar-refractivity contribution in [3.63, 3.8) is 0 Å². The summed E-state index contributed by atoms with van der Waals surface area (Å²) < 4.78 is 11.9. The number of methoxy groups -OCH3 is 2. The van der Waals surface area contributed by atoms with Crippen LogP contribution in [-0.4, -0.2) is 110 Å². The van der Waals surface area contributed by atoms with Crippen LogP contribution in [0.1, 0.15) is 70.5 Å². The maximum absolute atomic E-state index is 14.0. The average Bonchev–Trinajstić information content (AvgIpc) is 3.81. The molecule has 0 aliphatic carbocycles. The number of hydrogen-bond donors (Lipinski definition) is 3. The summed E-state index contributed by atoms with van der Waals surface area (Å²) in [6.07, 6.45) is 2.76. The fourth-order valence-corrected chi connectivity index (χ4v) is 7.83. The number of hydrogen-bond acceptors (Lipinski definition) is 9. The van der Waals surface area contributed by atoms with Crippen LogP contribution in [0.25, 0.3) is 0 Å². The first-order valence-electron chi connectivity index (χ1n) is 17.6. The minimum absolute atomic E-state index is 0.0374. The van der Waals surface area contributed by atoms with E-state index in [1.54, 1.807) is 39.4 Å². The van der Waals surface area contributed by atoms with E-state index in [1.165, 1.54) is 11.3 Å². The van der Waals surface area contributed by atoms with E-state index in [1.807, 2.05) is 75.2 Å². The lowest BCUT2D eigenvalue weighted by Gasteiger charge is -2.38.